The number of hydrogen-bond donors (Lipinski definition) is 1. The van der Waals surface area contributed by atoms with Gasteiger partial charge in [-0.05, 0) is 61.1 Å². The molecule has 18 heavy (non-hydrogen) atoms. The minimum Gasteiger partial charge on any atom is -0.490 e. The van der Waals surface area contributed by atoms with Crippen LogP contribution in [-0.4, -0.2) is 17.4 Å². The Morgan fingerprint density at radius 3 is 2.28 bits per heavy atom. The predicted molar refractivity (Wildman–Crippen MR) is 70.5 cm³/mol. The zero-order valence-corrected chi connectivity index (χ0v) is 12.3. The summed E-state index contributed by atoms with van der Waals surface area (Å²) in [6, 6.07) is 3.98. The summed E-state index contributed by atoms with van der Waals surface area (Å²) >= 11 is 1.97. The fraction of sp³-hybridized carbons (Fsp3) is 0.500. The van der Waals surface area contributed by atoms with Crippen molar-refractivity contribution in [1.29, 1.82) is 0 Å². The Bertz CT molecular complexity index is 428. The van der Waals surface area contributed by atoms with Crippen LogP contribution in [0.1, 0.15) is 26.3 Å². The fourth-order valence-electron chi connectivity index (χ4n) is 1.31. The van der Waals surface area contributed by atoms with E-state index >= 15 is 0 Å². The van der Waals surface area contributed by atoms with Crippen LogP contribution in [0.4, 0.5) is 13.2 Å². The van der Waals surface area contributed by atoms with Crippen molar-refractivity contribution in [2.24, 2.45) is 0 Å². The molecule has 0 heterocycles. The first-order chi connectivity index (χ1) is 8.05. The summed E-state index contributed by atoms with van der Waals surface area (Å²) in [5, 5.41) is 9.59. The normalized spacial score (nSPS) is 15.6. The lowest BCUT2D eigenvalue weighted by Gasteiger charge is -2.27. The largest absolute Gasteiger partial charge is 0.490 e. The lowest BCUT2D eigenvalue weighted by Crippen LogP contribution is -2.39. The van der Waals surface area contributed by atoms with Crippen molar-refractivity contribution >= 4 is 22.6 Å². The van der Waals surface area contributed by atoms with Gasteiger partial charge in [0.25, 0.3) is 0 Å². The van der Waals surface area contributed by atoms with Gasteiger partial charge in [0.2, 0.25) is 0 Å². The maximum absolute atomic E-state index is 12.7. The predicted octanol–water partition coefficient (Wildman–Crippen LogP) is 3.85. The lowest BCUT2D eigenvalue weighted by molar-refractivity contribution is -0.258. The molecule has 0 saturated carbocycles. The average Bonchev–Trinajstić information content (AvgIpc) is 2.18. The Balaban J connectivity index is 3.20. The van der Waals surface area contributed by atoms with Gasteiger partial charge in [-0.2, -0.15) is 13.2 Å². The summed E-state index contributed by atoms with van der Waals surface area (Å²) in [6.45, 7) is 4.30. The van der Waals surface area contributed by atoms with Crippen molar-refractivity contribution in [3.63, 3.8) is 0 Å². The molecule has 0 radical (unpaired) electrons. The molecule has 6 heteroatoms. The number of aliphatic hydroxyl groups is 1. The van der Waals surface area contributed by atoms with Gasteiger partial charge in [-0.1, -0.05) is 6.07 Å². The van der Waals surface area contributed by atoms with E-state index in [0.29, 0.717) is 9.32 Å². The first-order valence-electron chi connectivity index (χ1n) is 5.31. The van der Waals surface area contributed by atoms with Crippen LogP contribution < -0.4 is 4.74 Å². The Kier molecular flexibility index (Phi) is 4.53. The van der Waals surface area contributed by atoms with E-state index in [2.05, 4.69) is 0 Å². The van der Waals surface area contributed by atoms with Crippen LogP contribution in [0.2, 0.25) is 0 Å². The number of benzene rings is 1. The van der Waals surface area contributed by atoms with Crippen molar-refractivity contribution in [3.05, 3.63) is 27.3 Å². The Morgan fingerprint density at radius 2 is 1.83 bits per heavy atom. The SMILES string of the molecule is CC(C)Oc1cc(C(C)(O)C(F)(F)F)ccc1I. The molecule has 2 nitrogen and oxygen atoms in total. The van der Waals surface area contributed by atoms with E-state index in [1.807, 2.05) is 22.6 Å². The van der Waals surface area contributed by atoms with E-state index < -0.39 is 11.8 Å². The molecule has 0 aliphatic rings. The fourth-order valence-corrected chi connectivity index (χ4v) is 1.78. The Hall–Kier alpha value is -0.500. The highest BCUT2D eigenvalue weighted by Crippen LogP contribution is 2.40. The Morgan fingerprint density at radius 1 is 1.28 bits per heavy atom. The monoisotopic (exact) mass is 374 g/mol. The molecule has 0 fully saturated rings. The van der Waals surface area contributed by atoms with Crippen molar-refractivity contribution in [2.45, 2.75) is 38.7 Å². The van der Waals surface area contributed by atoms with Crippen LogP contribution in [0.3, 0.4) is 0 Å². The third kappa shape index (κ3) is 3.28. The van der Waals surface area contributed by atoms with Crippen molar-refractivity contribution in [1.82, 2.24) is 0 Å². The molecule has 102 valence electrons. The summed E-state index contributed by atoms with van der Waals surface area (Å²) in [6.07, 6.45) is -4.88. The van der Waals surface area contributed by atoms with E-state index in [1.165, 1.54) is 18.2 Å². The van der Waals surface area contributed by atoms with Gasteiger partial charge in [-0.25, -0.2) is 0 Å². The summed E-state index contributed by atoms with van der Waals surface area (Å²) < 4.78 is 44.3. The zero-order chi connectivity index (χ0) is 14.1. The number of halogens is 4. The van der Waals surface area contributed by atoms with E-state index in [1.54, 1.807) is 13.8 Å². The van der Waals surface area contributed by atoms with Crippen LogP contribution in [0.5, 0.6) is 5.75 Å². The molecule has 0 amide bonds. The van der Waals surface area contributed by atoms with Gasteiger partial charge in [0.15, 0.2) is 5.60 Å². The van der Waals surface area contributed by atoms with Gasteiger partial charge >= 0.3 is 6.18 Å². The van der Waals surface area contributed by atoms with Crippen LogP contribution in [-0.2, 0) is 5.60 Å². The summed E-state index contributed by atoms with van der Waals surface area (Å²) in [4.78, 5) is 0. The van der Waals surface area contributed by atoms with E-state index in [-0.39, 0.29) is 11.7 Å². The molecular formula is C12H14F3IO2. The van der Waals surface area contributed by atoms with Gasteiger partial charge in [-0.15, -0.1) is 0 Å². The van der Waals surface area contributed by atoms with Crippen molar-refractivity contribution in [2.75, 3.05) is 0 Å². The number of ether oxygens (including phenoxy) is 1. The number of alkyl halides is 3. The highest BCUT2D eigenvalue weighted by Gasteiger charge is 2.51. The molecule has 1 N–H and O–H groups in total. The van der Waals surface area contributed by atoms with E-state index in [0.717, 1.165) is 6.92 Å². The minimum atomic E-state index is -4.73. The van der Waals surface area contributed by atoms with Gasteiger partial charge in [0, 0.05) is 0 Å². The topological polar surface area (TPSA) is 29.5 Å². The molecule has 0 spiro atoms. The smallest absolute Gasteiger partial charge is 0.421 e. The van der Waals surface area contributed by atoms with E-state index in [9.17, 15) is 18.3 Å². The maximum atomic E-state index is 12.7. The van der Waals surface area contributed by atoms with Crippen LogP contribution in [0.25, 0.3) is 0 Å². The van der Waals surface area contributed by atoms with Gasteiger partial charge < -0.3 is 9.84 Å². The summed E-state index contributed by atoms with van der Waals surface area (Å²) in [5.74, 6) is 0.340. The second-order valence-electron chi connectivity index (χ2n) is 4.38. The first-order valence-corrected chi connectivity index (χ1v) is 6.39. The van der Waals surface area contributed by atoms with E-state index in [4.69, 9.17) is 4.74 Å². The maximum Gasteiger partial charge on any atom is 0.421 e. The second kappa shape index (κ2) is 5.24. The molecule has 1 atom stereocenters. The molecular weight excluding hydrogens is 360 g/mol. The molecule has 0 aliphatic carbocycles. The number of rotatable bonds is 3. The van der Waals surface area contributed by atoms with Crippen LogP contribution in [0.15, 0.2) is 18.2 Å². The van der Waals surface area contributed by atoms with Crippen molar-refractivity contribution < 1.29 is 23.0 Å². The second-order valence-corrected chi connectivity index (χ2v) is 5.54. The van der Waals surface area contributed by atoms with Crippen LogP contribution >= 0.6 is 22.6 Å². The average molecular weight is 374 g/mol. The molecule has 0 bridgehead atoms. The summed E-state index contributed by atoms with van der Waals surface area (Å²) in [5.41, 5.74) is -3.11. The molecule has 0 saturated heterocycles. The Labute approximate surface area is 117 Å². The van der Waals surface area contributed by atoms with Gasteiger partial charge in [0.1, 0.15) is 5.75 Å². The number of hydrogen-bond acceptors (Lipinski definition) is 2. The highest BCUT2D eigenvalue weighted by molar-refractivity contribution is 14.1. The highest BCUT2D eigenvalue weighted by atomic mass is 127. The molecule has 1 aromatic rings. The van der Waals surface area contributed by atoms with Crippen LogP contribution in [0, 0.1) is 3.57 Å². The molecule has 1 rings (SSSR count). The van der Waals surface area contributed by atoms with Crippen molar-refractivity contribution in [3.8, 4) is 5.75 Å². The zero-order valence-electron chi connectivity index (χ0n) is 10.2. The lowest BCUT2D eigenvalue weighted by atomic mass is 9.95. The first kappa shape index (κ1) is 15.6. The van der Waals surface area contributed by atoms with Gasteiger partial charge in [0.05, 0.1) is 9.67 Å². The standard InChI is InChI=1S/C12H14F3IO2/c1-7(2)18-10-6-8(4-5-9(10)16)11(3,17)12(13,14)15/h4-7,17H,1-3H3. The molecule has 1 aromatic carbocycles. The quantitative estimate of drug-likeness (QED) is 0.815. The third-order valence-electron chi connectivity index (χ3n) is 2.41. The third-order valence-corrected chi connectivity index (χ3v) is 3.30. The molecule has 1 unspecified atom stereocenters. The molecule has 0 aliphatic heterocycles. The summed E-state index contributed by atoms with van der Waals surface area (Å²) in [7, 11) is 0. The van der Waals surface area contributed by atoms with Gasteiger partial charge in [-0.3, -0.25) is 0 Å². The minimum absolute atomic E-state index is 0.149. The molecule has 0 aromatic heterocycles.